The highest BCUT2D eigenvalue weighted by molar-refractivity contribution is 7.89. The fourth-order valence-electron chi connectivity index (χ4n) is 3.77. The number of pyridine rings is 1. The Morgan fingerprint density at radius 2 is 1.69 bits per heavy atom. The van der Waals surface area contributed by atoms with E-state index in [0.717, 1.165) is 29.9 Å². The molecule has 4 rings (SSSR count). The molecule has 0 saturated carbocycles. The number of aromatic nitrogens is 1. The van der Waals surface area contributed by atoms with Gasteiger partial charge in [-0.2, -0.15) is 4.31 Å². The number of nitrogens with zero attached hydrogens (tertiary/aromatic N) is 2. The largest absolute Gasteiger partial charge is 0.384 e. The van der Waals surface area contributed by atoms with Crippen LogP contribution in [0, 0.1) is 6.92 Å². The van der Waals surface area contributed by atoms with Gasteiger partial charge in [-0.25, -0.2) is 8.42 Å². The molecule has 10 heteroatoms. The molecule has 29 heavy (non-hydrogen) atoms. The summed E-state index contributed by atoms with van der Waals surface area (Å²) in [6.07, 6.45) is 2.60. The molecule has 1 aromatic carbocycles. The fourth-order valence-corrected chi connectivity index (χ4v) is 5.31. The molecule has 0 aliphatic carbocycles. The molecule has 0 radical (unpaired) electrons. The standard InChI is InChI=1S/C19H20N4O5S/c1-11-5-6-12(29(27,28)22-7-3-2-4-8-22)9-14(11)23-15(24)10-13-16(17(23)20)19(26)21-18(13)25/h5-6,9-10H,2-4,7-8,20H2,1H3,(H,21,25,26). The van der Waals surface area contributed by atoms with Crippen LogP contribution in [-0.2, 0) is 10.0 Å². The summed E-state index contributed by atoms with van der Waals surface area (Å²) in [6.45, 7) is 2.61. The van der Waals surface area contributed by atoms with Crippen LogP contribution in [0.4, 0.5) is 5.82 Å². The van der Waals surface area contributed by atoms with Crippen LogP contribution in [0.2, 0.25) is 0 Å². The van der Waals surface area contributed by atoms with E-state index in [0.29, 0.717) is 18.7 Å². The summed E-state index contributed by atoms with van der Waals surface area (Å²) in [5.41, 5.74) is 6.14. The monoisotopic (exact) mass is 416 g/mol. The average molecular weight is 416 g/mol. The van der Waals surface area contributed by atoms with Gasteiger partial charge in [-0.3, -0.25) is 24.3 Å². The van der Waals surface area contributed by atoms with Crippen LogP contribution >= 0.6 is 0 Å². The number of nitrogens with two attached hydrogens (primary N) is 1. The zero-order valence-electron chi connectivity index (χ0n) is 15.8. The second kappa shape index (κ2) is 6.82. The lowest BCUT2D eigenvalue weighted by Gasteiger charge is -2.26. The molecule has 152 valence electrons. The number of sulfonamides is 1. The van der Waals surface area contributed by atoms with E-state index >= 15 is 0 Å². The Bertz CT molecular complexity index is 1210. The van der Waals surface area contributed by atoms with Gasteiger partial charge in [0.25, 0.3) is 17.4 Å². The number of carbonyl (C=O) groups excluding carboxylic acids is 2. The predicted octanol–water partition coefficient (Wildman–Crippen LogP) is 0.786. The third kappa shape index (κ3) is 3.04. The number of amides is 2. The molecule has 3 heterocycles. The van der Waals surface area contributed by atoms with Crippen molar-refractivity contribution in [3.63, 3.8) is 0 Å². The Morgan fingerprint density at radius 1 is 1.00 bits per heavy atom. The summed E-state index contributed by atoms with van der Waals surface area (Å²) in [5.74, 6) is -1.57. The van der Waals surface area contributed by atoms with E-state index in [4.69, 9.17) is 5.73 Å². The number of nitrogens with one attached hydrogen (secondary N) is 1. The number of carbonyl (C=O) groups is 2. The second-order valence-electron chi connectivity index (χ2n) is 7.19. The lowest BCUT2D eigenvalue weighted by molar-refractivity contribution is 0.0880. The highest BCUT2D eigenvalue weighted by Crippen LogP contribution is 2.27. The first-order valence-electron chi connectivity index (χ1n) is 9.24. The first kappa shape index (κ1) is 19.3. The maximum Gasteiger partial charge on any atom is 0.262 e. The topological polar surface area (TPSA) is 132 Å². The number of hydrogen-bond donors (Lipinski definition) is 2. The Kier molecular flexibility index (Phi) is 4.55. The summed E-state index contributed by atoms with van der Waals surface area (Å²) in [6, 6.07) is 5.51. The van der Waals surface area contributed by atoms with Gasteiger partial charge in [0, 0.05) is 19.2 Å². The van der Waals surface area contributed by atoms with Crippen LogP contribution in [0.5, 0.6) is 0 Å². The number of imide groups is 1. The molecule has 1 aromatic heterocycles. The fraction of sp³-hybridized carbons (Fsp3) is 0.316. The minimum Gasteiger partial charge on any atom is -0.384 e. The van der Waals surface area contributed by atoms with Gasteiger partial charge in [0.15, 0.2) is 0 Å². The average Bonchev–Trinajstić information content (AvgIpc) is 2.97. The number of rotatable bonds is 3. The number of aryl methyl sites for hydroxylation is 1. The molecule has 0 unspecified atom stereocenters. The minimum absolute atomic E-state index is 0.0485. The molecule has 2 aliphatic heterocycles. The maximum absolute atomic E-state index is 13.0. The molecule has 1 saturated heterocycles. The molecule has 2 aromatic rings. The van der Waals surface area contributed by atoms with Crippen molar-refractivity contribution in [3.05, 3.63) is 51.3 Å². The normalized spacial score (nSPS) is 17.3. The van der Waals surface area contributed by atoms with Crippen molar-refractivity contribution in [2.24, 2.45) is 0 Å². The smallest absolute Gasteiger partial charge is 0.262 e. The maximum atomic E-state index is 13.0. The van der Waals surface area contributed by atoms with Crippen LogP contribution in [0.15, 0.2) is 34.0 Å². The van der Waals surface area contributed by atoms with E-state index in [9.17, 15) is 22.8 Å². The first-order chi connectivity index (χ1) is 13.7. The number of benzene rings is 1. The summed E-state index contributed by atoms with van der Waals surface area (Å²) in [7, 11) is -3.72. The molecule has 2 amide bonds. The minimum atomic E-state index is -3.72. The van der Waals surface area contributed by atoms with Gasteiger partial charge in [-0.1, -0.05) is 12.5 Å². The number of hydrogen-bond acceptors (Lipinski definition) is 6. The highest BCUT2D eigenvalue weighted by Gasteiger charge is 2.32. The Labute approximate surface area is 167 Å². The quantitative estimate of drug-likeness (QED) is 0.711. The summed E-state index contributed by atoms with van der Waals surface area (Å²) >= 11 is 0. The summed E-state index contributed by atoms with van der Waals surface area (Å²) in [4.78, 5) is 36.7. The lowest BCUT2D eigenvalue weighted by atomic mass is 10.1. The third-order valence-corrected chi connectivity index (χ3v) is 7.22. The molecule has 0 spiro atoms. The van der Waals surface area contributed by atoms with Gasteiger partial charge in [-0.15, -0.1) is 0 Å². The van der Waals surface area contributed by atoms with Gasteiger partial charge in [0.1, 0.15) is 5.82 Å². The van der Waals surface area contributed by atoms with Crippen LogP contribution in [0.1, 0.15) is 45.5 Å². The van der Waals surface area contributed by atoms with Crippen LogP contribution < -0.4 is 16.6 Å². The van der Waals surface area contributed by atoms with Crippen molar-refractivity contribution < 1.29 is 18.0 Å². The van der Waals surface area contributed by atoms with Gasteiger partial charge in [0.2, 0.25) is 10.0 Å². The number of nitrogen functional groups attached to an aromatic ring is 1. The van der Waals surface area contributed by atoms with Crippen LogP contribution in [-0.4, -0.2) is 42.2 Å². The van der Waals surface area contributed by atoms with E-state index < -0.39 is 27.4 Å². The van der Waals surface area contributed by atoms with Gasteiger partial charge < -0.3 is 5.73 Å². The molecule has 1 fully saturated rings. The van der Waals surface area contributed by atoms with Crippen molar-refractivity contribution in [3.8, 4) is 5.69 Å². The van der Waals surface area contributed by atoms with Crippen molar-refractivity contribution in [2.75, 3.05) is 18.8 Å². The summed E-state index contributed by atoms with van der Waals surface area (Å²) < 4.78 is 28.6. The molecular formula is C19H20N4O5S. The van der Waals surface area contributed by atoms with Crippen LogP contribution in [0.25, 0.3) is 5.69 Å². The van der Waals surface area contributed by atoms with E-state index in [-0.39, 0.29) is 27.5 Å². The third-order valence-electron chi connectivity index (χ3n) is 5.33. The Hall–Kier alpha value is -2.98. The van der Waals surface area contributed by atoms with Crippen molar-refractivity contribution in [2.45, 2.75) is 31.1 Å². The number of anilines is 1. The zero-order valence-corrected chi connectivity index (χ0v) is 16.6. The Balaban J connectivity index is 1.89. The van der Waals surface area contributed by atoms with E-state index in [2.05, 4.69) is 5.32 Å². The zero-order chi connectivity index (χ0) is 20.9. The van der Waals surface area contributed by atoms with E-state index in [1.807, 2.05) is 0 Å². The van der Waals surface area contributed by atoms with Gasteiger partial charge in [-0.05, 0) is 37.5 Å². The number of fused-ring (bicyclic) bond motifs is 1. The number of piperidine rings is 1. The Morgan fingerprint density at radius 3 is 2.38 bits per heavy atom. The SMILES string of the molecule is Cc1ccc(S(=O)(=O)N2CCCCC2)cc1-n1c(N)c2c(cc1=O)C(=O)NC2=O. The van der Waals surface area contributed by atoms with Crippen molar-refractivity contribution in [1.29, 1.82) is 0 Å². The highest BCUT2D eigenvalue weighted by atomic mass is 32.2. The molecule has 2 aliphatic rings. The van der Waals surface area contributed by atoms with Gasteiger partial charge in [0.05, 0.1) is 21.7 Å². The molecule has 0 atom stereocenters. The van der Waals surface area contributed by atoms with Gasteiger partial charge >= 0.3 is 0 Å². The van der Waals surface area contributed by atoms with E-state index in [1.165, 1.54) is 16.4 Å². The second-order valence-corrected chi connectivity index (χ2v) is 9.13. The van der Waals surface area contributed by atoms with Crippen molar-refractivity contribution >= 4 is 27.7 Å². The molecule has 9 nitrogen and oxygen atoms in total. The lowest BCUT2D eigenvalue weighted by Crippen LogP contribution is -2.35. The molecule has 0 bridgehead atoms. The van der Waals surface area contributed by atoms with Crippen LogP contribution in [0.3, 0.4) is 0 Å². The predicted molar refractivity (Wildman–Crippen MR) is 106 cm³/mol. The first-order valence-corrected chi connectivity index (χ1v) is 10.7. The summed E-state index contributed by atoms with van der Waals surface area (Å²) in [5, 5.41) is 2.11. The molecular weight excluding hydrogens is 396 g/mol. The van der Waals surface area contributed by atoms with E-state index in [1.54, 1.807) is 13.0 Å². The van der Waals surface area contributed by atoms with Crippen molar-refractivity contribution in [1.82, 2.24) is 14.2 Å². The molecule has 3 N–H and O–H groups in total.